The minimum absolute atomic E-state index is 0.157. The number of nitrogens with one attached hydrogen (secondary N) is 1. The third-order valence-corrected chi connectivity index (χ3v) is 2.22. The lowest BCUT2D eigenvalue weighted by Gasteiger charge is -2.23. The summed E-state index contributed by atoms with van der Waals surface area (Å²) in [6.45, 7) is 0. The van der Waals surface area contributed by atoms with Gasteiger partial charge in [0.05, 0.1) is 6.04 Å². The third kappa shape index (κ3) is 1.97. The lowest BCUT2D eigenvalue weighted by atomic mass is 10.0. The highest BCUT2D eigenvalue weighted by molar-refractivity contribution is 5.24. The average Bonchev–Trinajstić information content (AvgIpc) is 2.19. The molecule has 1 aliphatic rings. The molecular weight excluding hydrogens is 162 g/mol. The lowest BCUT2D eigenvalue weighted by molar-refractivity contribution is 0.126. The summed E-state index contributed by atoms with van der Waals surface area (Å²) in [5.41, 5.74) is 1.19. The van der Waals surface area contributed by atoms with E-state index in [0.29, 0.717) is 6.42 Å². The molecule has 1 aromatic carbocycles. The van der Waals surface area contributed by atoms with Gasteiger partial charge in [-0.3, -0.25) is 5.32 Å². The summed E-state index contributed by atoms with van der Waals surface area (Å²) < 4.78 is 0. The van der Waals surface area contributed by atoms with Crippen molar-refractivity contribution >= 4 is 0 Å². The molecule has 0 amide bonds. The monoisotopic (exact) mass is 175 g/mol. The van der Waals surface area contributed by atoms with E-state index in [1.165, 1.54) is 5.56 Å². The number of hydrogen-bond acceptors (Lipinski definition) is 2. The van der Waals surface area contributed by atoms with Crippen LogP contribution in [0.4, 0.5) is 0 Å². The van der Waals surface area contributed by atoms with Crippen molar-refractivity contribution in [2.24, 2.45) is 0 Å². The van der Waals surface area contributed by atoms with Gasteiger partial charge in [0.1, 0.15) is 6.23 Å². The van der Waals surface area contributed by atoms with E-state index >= 15 is 0 Å². The summed E-state index contributed by atoms with van der Waals surface area (Å²) >= 11 is 0. The van der Waals surface area contributed by atoms with Crippen LogP contribution < -0.4 is 5.32 Å². The molecule has 0 fully saturated rings. The smallest absolute Gasteiger partial charge is 0.109 e. The maximum atomic E-state index is 9.38. The van der Waals surface area contributed by atoms with Crippen LogP contribution in [0.3, 0.4) is 0 Å². The first-order valence-corrected chi connectivity index (χ1v) is 4.52. The molecule has 2 unspecified atom stereocenters. The molecule has 2 N–H and O–H groups in total. The minimum Gasteiger partial charge on any atom is -0.378 e. The molecule has 0 spiro atoms. The van der Waals surface area contributed by atoms with Gasteiger partial charge in [-0.2, -0.15) is 0 Å². The largest absolute Gasteiger partial charge is 0.378 e. The summed E-state index contributed by atoms with van der Waals surface area (Å²) in [5, 5.41) is 12.5. The molecule has 2 atom stereocenters. The van der Waals surface area contributed by atoms with E-state index in [4.69, 9.17) is 0 Å². The van der Waals surface area contributed by atoms with Gasteiger partial charge in [0.2, 0.25) is 0 Å². The van der Waals surface area contributed by atoms with E-state index in [-0.39, 0.29) is 6.04 Å². The van der Waals surface area contributed by atoms with Gasteiger partial charge in [-0.25, -0.2) is 0 Å². The van der Waals surface area contributed by atoms with Gasteiger partial charge in [0.15, 0.2) is 0 Å². The molecule has 1 aromatic rings. The van der Waals surface area contributed by atoms with Gasteiger partial charge in [0.25, 0.3) is 0 Å². The first kappa shape index (κ1) is 8.48. The fourth-order valence-corrected chi connectivity index (χ4v) is 1.54. The Kier molecular flexibility index (Phi) is 2.43. The van der Waals surface area contributed by atoms with Gasteiger partial charge in [-0.1, -0.05) is 42.5 Å². The Labute approximate surface area is 77.9 Å². The van der Waals surface area contributed by atoms with E-state index in [1.54, 1.807) is 0 Å². The summed E-state index contributed by atoms with van der Waals surface area (Å²) in [7, 11) is 0. The zero-order chi connectivity index (χ0) is 9.10. The summed E-state index contributed by atoms with van der Waals surface area (Å²) in [4.78, 5) is 0. The highest BCUT2D eigenvalue weighted by Gasteiger charge is 2.14. The Morgan fingerprint density at radius 2 is 2.00 bits per heavy atom. The molecule has 0 aromatic heterocycles. The fourth-order valence-electron chi connectivity index (χ4n) is 1.54. The number of hydrogen-bond donors (Lipinski definition) is 2. The van der Waals surface area contributed by atoms with E-state index in [2.05, 4.69) is 23.5 Å². The second kappa shape index (κ2) is 3.73. The zero-order valence-electron chi connectivity index (χ0n) is 7.35. The number of benzene rings is 1. The zero-order valence-corrected chi connectivity index (χ0v) is 7.35. The van der Waals surface area contributed by atoms with Crippen LogP contribution in [0.5, 0.6) is 0 Å². The predicted molar refractivity (Wildman–Crippen MR) is 52.1 cm³/mol. The molecule has 0 saturated heterocycles. The molecule has 0 radical (unpaired) electrons. The number of aliphatic hydroxyl groups excluding tert-OH is 1. The molecule has 68 valence electrons. The third-order valence-electron chi connectivity index (χ3n) is 2.22. The second-order valence-electron chi connectivity index (χ2n) is 3.23. The standard InChI is InChI=1S/C11H13NO/c13-11-8-4-7-10(12-11)9-5-2-1-3-6-9/h1-7,10-13H,8H2. The van der Waals surface area contributed by atoms with E-state index < -0.39 is 6.23 Å². The van der Waals surface area contributed by atoms with Gasteiger partial charge in [0, 0.05) is 6.42 Å². The highest BCUT2D eigenvalue weighted by atomic mass is 16.3. The van der Waals surface area contributed by atoms with Gasteiger partial charge < -0.3 is 5.11 Å². The number of rotatable bonds is 1. The van der Waals surface area contributed by atoms with Crippen molar-refractivity contribution in [3.05, 3.63) is 48.0 Å². The van der Waals surface area contributed by atoms with Gasteiger partial charge in [-0.15, -0.1) is 0 Å². The summed E-state index contributed by atoms with van der Waals surface area (Å²) in [5.74, 6) is 0. The van der Waals surface area contributed by atoms with Crippen LogP contribution in [0.15, 0.2) is 42.5 Å². The van der Waals surface area contributed by atoms with Gasteiger partial charge >= 0.3 is 0 Å². The molecule has 13 heavy (non-hydrogen) atoms. The van der Waals surface area contributed by atoms with Crippen LogP contribution in [0.1, 0.15) is 18.0 Å². The van der Waals surface area contributed by atoms with Crippen LogP contribution >= 0.6 is 0 Å². The lowest BCUT2D eigenvalue weighted by Crippen LogP contribution is -2.33. The van der Waals surface area contributed by atoms with Crippen LogP contribution in [-0.2, 0) is 0 Å². The van der Waals surface area contributed by atoms with Crippen molar-refractivity contribution in [3.63, 3.8) is 0 Å². The van der Waals surface area contributed by atoms with Crippen molar-refractivity contribution in [1.82, 2.24) is 5.32 Å². The van der Waals surface area contributed by atoms with E-state index in [0.717, 1.165) is 0 Å². The van der Waals surface area contributed by atoms with Crippen LogP contribution in [0.2, 0.25) is 0 Å². The Morgan fingerprint density at radius 1 is 1.23 bits per heavy atom. The molecule has 0 bridgehead atoms. The first-order valence-electron chi connectivity index (χ1n) is 4.52. The van der Waals surface area contributed by atoms with Crippen molar-refractivity contribution in [2.45, 2.75) is 18.7 Å². The number of aliphatic hydroxyl groups is 1. The molecule has 1 heterocycles. The highest BCUT2D eigenvalue weighted by Crippen LogP contribution is 2.18. The van der Waals surface area contributed by atoms with Crippen molar-refractivity contribution < 1.29 is 5.11 Å². The van der Waals surface area contributed by atoms with Gasteiger partial charge in [-0.05, 0) is 5.56 Å². The van der Waals surface area contributed by atoms with Crippen molar-refractivity contribution in [2.75, 3.05) is 0 Å². The molecule has 0 saturated carbocycles. The molecule has 1 aliphatic heterocycles. The average molecular weight is 175 g/mol. The maximum Gasteiger partial charge on any atom is 0.109 e. The Balaban J connectivity index is 2.18. The van der Waals surface area contributed by atoms with Crippen LogP contribution in [0.25, 0.3) is 0 Å². The SMILES string of the molecule is OC1CC=CC(c2ccccc2)N1. The maximum absolute atomic E-state index is 9.38. The van der Waals surface area contributed by atoms with Crippen molar-refractivity contribution in [1.29, 1.82) is 0 Å². The molecule has 2 heteroatoms. The van der Waals surface area contributed by atoms with Crippen LogP contribution in [-0.4, -0.2) is 11.3 Å². The molecule has 2 nitrogen and oxygen atoms in total. The Bertz CT molecular complexity index is 294. The first-order chi connectivity index (χ1) is 6.36. The van der Waals surface area contributed by atoms with Crippen molar-refractivity contribution in [3.8, 4) is 0 Å². The van der Waals surface area contributed by atoms with Crippen LogP contribution in [0, 0.1) is 0 Å². The van der Waals surface area contributed by atoms with E-state index in [9.17, 15) is 5.11 Å². The molecule has 2 rings (SSSR count). The minimum atomic E-state index is -0.407. The summed E-state index contributed by atoms with van der Waals surface area (Å²) in [6.07, 6.45) is 4.39. The summed E-state index contributed by atoms with van der Waals surface area (Å²) in [6, 6.07) is 10.3. The topological polar surface area (TPSA) is 32.3 Å². The molecule has 0 aliphatic carbocycles. The second-order valence-corrected chi connectivity index (χ2v) is 3.23. The predicted octanol–water partition coefficient (Wildman–Crippen LogP) is 1.60. The Hall–Kier alpha value is -1.12. The Morgan fingerprint density at radius 3 is 2.69 bits per heavy atom. The van der Waals surface area contributed by atoms with E-state index in [1.807, 2.05) is 24.3 Å². The quantitative estimate of drug-likeness (QED) is 0.635. The normalized spacial score (nSPS) is 27.5. The molecular formula is C11H13NO. The fraction of sp³-hybridized carbons (Fsp3) is 0.273.